The van der Waals surface area contributed by atoms with Crippen LogP contribution in [0.2, 0.25) is 0 Å². The number of benzene rings is 2. The molecule has 3 amide bonds. The average molecular weight is 456 g/mol. The summed E-state index contributed by atoms with van der Waals surface area (Å²) in [6.07, 6.45) is 0.970. The summed E-state index contributed by atoms with van der Waals surface area (Å²) in [5.41, 5.74) is 1.85. The predicted octanol–water partition coefficient (Wildman–Crippen LogP) is 3.29. The van der Waals surface area contributed by atoms with Gasteiger partial charge in [0, 0.05) is 41.8 Å². The Bertz CT molecular complexity index is 1020. The number of carbonyl (C=O) groups is 4. The molecule has 0 bridgehead atoms. The average Bonchev–Trinajstić information content (AvgIpc) is 3.16. The maximum absolute atomic E-state index is 12.6. The molecule has 0 spiro atoms. The molecule has 0 unspecified atom stereocenters. The van der Waals surface area contributed by atoms with E-state index in [1.165, 1.54) is 13.8 Å². The Balaban J connectivity index is 1.55. The molecule has 2 atom stereocenters. The second kappa shape index (κ2) is 10.3. The summed E-state index contributed by atoms with van der Waals surface area (Å²) in [5, 5.41) is 5.30. The van der Waals surface area contributed by atoms with Crippen LogP contribution in [0.15, 0.2) is 53.4 Å². The first kappa shape index (κ1) is 23.3. The fraction of sp³-hybridized carbons (Fsp3) is 0.304. The standard InChI is InChI=1S/C23H25N3O5S/c1-14(22(29)25-18-9-7-17(8-10-18)24-15(2)27)31-23(30)16-11-21(28)26(13-16)19-5-4-6-20(12-19)32-3/h4-10,12,14,16H,11,13H2,1-3H3,(H,24,27)(H,25,29)/t14-,16+/m1/s1. The third-order valence-corrected chi connectivity index (χ3v) is 5.68. The minimum atomic E-state index is -1.03. The Morgan fingerprint density at radius 2 is 1.75 bits per heavy atom. The van der Waals surface area contributed by atoms with Crippen LogP contribution >= 0.6 is 11.8 Å². The van der Waals surface area contributed by atoms with Gasteiger partial charge in [-0.1, -0.05) is 6.07 Å². The molecule has 32 heavy (non-hydrogen) atoms. The van der Waals surface area contributed by atoms with Crippen LogP contribution in [0.5, 0.6) is 0 Å². The number of esters is 1. The fourth-order valence-corrected chi connectivity index (χ4v) is 3.75. The summed E-state index contributed by atoms with van der Waals surface area (Å²) in [5.74, 6) is -2.04. The van der Waals surface area contributed by atoms with E-state index in [4.69, 9.17) is 4.74 Å². The molecular weight excluding hydrogens is 430 g/mol. The van der Waals surface area contributed by atoms with E-state index in [0.717, 1.165) is 10.6 Å². The molecule has 168 valence electrons. The van der Waals surface area contributed by atoms with E-state index >= 15 is 0 Å². The van der Waals surface area contributed by atoms with Crippen molar-refractivity contribution in [3.63, 3.8) is 0 Å². The zero-order valence-electron chi connectivity index (χ0n) is 18.1. The van der Waals surface area contributed by atoms with Crippen molar-refractivity contribution in [2.24, 2.45) is 5.92 Å². The first-order valence-corrected chi connectivity index (χ1v) is 11.3. The maximum atomic E-state index is 12.6. The van der Waals surface area contributed by atoms with Crippen molar-refractivity contribution in [3.8, 4) is 0 Å². The summed E-state index contributed by atoms with van der Waals surface area (Å²) < 4.78 is 5.33. The summed E-state index contributed by atoms with van der Waals surface area (Å²) in [7, 11) is 0. The lowest BCUT2D eigenvalue weighted by Gasteiger charge is -2.18. The van der Waals surface area contributed by atoms with Crippen molar-refractivity contribution >= 4 is 52.5 Å². The van der Waals surface area contributed by atoms with Crippen molar-refractivity contribution in [1.29, 1.82) is 0 Å². The molecule has 8 nitrogen and oxygen atoms in total. The molecule has 3 rings (SSSR count). The number of hydrogen-bond acceptors (Lipinski definition) is 6. The normalized spacial score (nSPS) is 16.4. The Morgan fingerprint density at radius 3 is 2.38 bits per heavy atom. The maximum Gasteiger partial charge on any atom is 0.312 e. The number of carbonyl (C=O) groups excluding carboxylic acids is 4. The molecule has 1 aliphatic rings. The third-order valence-electron chi connectivity index (χ3n) is 4.96. The van der Waals surface area contributed by atoms with Gasteiger partial charge in [-0.15, -0.1) is 11.8 Å². The molecule has 1 saturated heterocycles. The van der Waals surface area contributed by atoms with Crippen LogP contribution in [-0.4, -0.2) is 42.6 Å². The second-order valence-corrected chi connectivity index (χ2v) is 8.31. The van der Waals surface area contributed by atoms with Gasteiger partial charge in [-0.3, -0.25) is 19.2 Å². The van der Waals surface area contributed by atoms with Crippen LogP contribution in [0.1, 0.15) is 20.3 Å². The van der Waals surface area contributed by atoms with Gasteiger partial charge in [-0.25, -0.2) is 0 Å². The van der Waals surface area contributed by atoms with E-state index in [2.05, 4.69) is 10.6 Å². The highest BCUT2D eigenvalue weighted by Crippen LogP contribution is 2.29. The van der Waals surface area contributed by atoms with Crippen molar-refractivity contribution < 1.29 is 23.9 Å². The Kier molecular flexibility index (Phi) is 7.53. The van der Waals surface area contributed by atoms with E-state index in [9.17, 15) is 19.2 Å². The van der Waals surface area contributed by atoms with Crippen molar-refractivity contribution in [2.45, 2.75) is 31.3 Å². The monoisotopic (exact) mass is 455 g/mol. The van der Waals surface area contributed by atoms with Gasteiger partial charge < -0.3 is 20.3 Å². The van der Waals surface area contributed by atoms with Crippen molar-refractivity contribution in [2.75, 3.05) is 28.3 Å². The Labute approximate surface area is 190 Å². The quantitative estimate of drug-likeness (QED) is 0.490. The molecule has 1 aliphatic heterocycles. The van der Waals surface area contributed by atoms with Gasteiger partial charge in [0.05, 0.1) is 5.92 Å². The van der Waals surface area contributed by atoms with Crippen LogP contribution in [0.4, 0.5) is 17.1 Å². The second-order valence-electron chi connectivity index (χ2n) is 7.43. The zero-order valence-corrected chi connectivity index (χ0v) is 18.9. The van der Waals surface area contributed by atoms with Crippen LogP contribution < -0.4 is 15.5 Å². The van der Waals surface area contributed by atoms with E-state index in [0.29, 0.717) is 11.4 Å². The highest BCUT2D eigenvalue weighted by molar-refractivity contribution is 7.98. The Hall–Kier alpha value is -3.33. The van der Waals surface area contributed by atoms with E-state index in [-0.39, 0.29) is 24.8 Å². The lowest BCUT2D eigenvalue weighted by Crippen LogP contribution is -2.33. The first-order chi connectivity index (χ1) is 15.3. The molecule has 0 aliphatic carbocycles. The predicted molar refractivity (Wildman–Crippen MR) is 124 cm³/mol. The lowest BCUT2D eigenvalue weighted by molar-refractivity contribution is -0.157. The largest absolute Gasteiger partial charge is 0.452 e. The van der Waals surface area contributed by atoms with Crippen LogP contribution in [0.25, 0.3) is 0 Å². The topological polar surface area (TPSA) is 105 Å². The molecule has 9 heteroatoms. The van der Waals surface area contributed by atoms with Gasteiger partial charge in [-0.2, -0.15) is 0 Å². The number of hydrogen-bond donors (Lipinski definition) is 2. The number of rotatable bonds is 7. The third kappa shape index (κ3) is 5.88. The van der Waals surface area contributed by atoms with E-state index in [1.807, 2.05) is 30.5 Å². The lowest BCUT2D eigenvalue weighted by atomic mass is 10.1. The molecule has 0 radical (unpaired) electrons. The number of anilines is 3. The van der Waals surface area contributed by atoms with E-state index in [1.54, 1.807) is 40.9 Å². The molecule has 0 saturated carbocycles. The fourth-order valence-electron chi connectivity index (χ4n) is 3.30. The number of amides is 3. The van der Waals surface area contributed by atoms with Gasteiger partial charge >= 0.3 is 5.97 Å². The van der Waals surface area contributed by atoms with Crippen LogP contribution in [-0.2, 0) is 23.9 Å². The van der Waals surface area contributed by atoms with Gasteiger partial charge in [0.2, 0.25) is 11.8 Å². The number of thioether (sulfide) groups is 1. The summed E-state index contributed by atoms with van der Waals surface area (Å²) in [4.78, 5) is 51.1. The first-order valence-electron chi connectivity index (χ1n) is 10.1. The summed E-state index contributed by atoms with van der Waals surface area (Å²) >= 11 is 1.57. The Morgan fingerprint density at radius 1 is 1.09 bits per heavy atom. The molecule has 1 heterocycles. The van der Waals surface area contributed by atoms with Crippen LogP contribution in [0, 0.1) is 5.92 Å². The highest BCUT2D eigenvalue weighted by atomic mass is 32.2. The van der Waals surface area contributed by atoms with Gasteiger partial charge in [0.25, 0.3) is 5.91 Å². The SMILES string of the molecule is CSc1cccc(N2C[C@@H](C(=O)O[C@H](C)C(=O)Nc3ccc(NC(C)=O)cc3)CC2=O)c1. The molecule has 2 N–H and O–H groups in total. The summed E-state index contributed by atoms with van der Waals surface area (Å²) in [6.45, 7) is 3.11. The number of nitrogens with zero attached hydrogens (tertiary/aromatic N) is 1. The molecule has 2 aromatic rings. The van der Waals surface area contributed by atoms with Crippen molar-refractivity contribution in [3.05, 3.63) is 48.5 Å². The van der Waals surface area contributed by atoms with Gasteiger partial charge in [0.15, 0.2) is 6.10 Å². The highest BCUT2D eigenvalue weighted by Gasteiger charge is 2.37. The molecule has 0 aromatic heterocycles. The zero-order chi connectivity index (χ0) is 23.3. The van der Waals surface area contributed by atoms with E-state index < -0.39 is 23.9 Å². The molecular formula is C23H25N3O5S. The molecule has 2 aromatic carbocycles. The summed E-state index contributed by atoms with van der Waals surface area (Å²) in [6, 6.07) is 14.1. The minimum Gasteiger partial charge on any atom is -0.452 e. The molecule has 1 fully saturated rings. The van der Waals surface area contributed by atoms with Gasteiger partial charge in [0.1, 0.15) is 0 Å². The van der Waals surface area contributed by atoms with Crippen LogP contribution in [0.3, 0.4) is 0 Å². The van der Waals surface area contributed by atoms with Gasteiger partial charge in [-0.05, 0) is 55.6 Å². The minimum absolute atomic E-state index is 0.0429. The number of nitrogens with one attached hydrogen (secondary N) is 2. The smallest absolute Gasteiger partial charge is 0.312 e. The number of ether oxygens (including phenoxy) is 1. The van der Waals surface area contributed by atoms with Crippen molar-refractivity contribution in [1.82, 2.24) is 0 Å².